The second-order valence-electron chi connectivity index (χ2n) is 7.74. The largest absolute Gasteiger partial charge is 0.478 e. The molecule has 174 valence electrons. The molecule has 0 aliphatic heterocycles. The highest BCUT2D eigenvalue weighted by Crippen LogP contribution is 2.35. The summed E-state index contributed by atoms with van der Waals surface area (Å²) >= 11 is 0. The van der Waals surface area contributed by atoms with Gasteiger partial charge >= 0.3 is 12.1 Å². The molecule has 0 unspecified atom stereocenters. The third kappa shape index (κ3) is 4.63. The Morgan fingerprint density at radius 1 is 0.765 bits per heavy atom. The first kappa shape index (κ1) is 23.4. The second kappa shape index (κ2) is 8.87. The first-order valence-electron chi connectivity index (χ1n) is 10.1. The number of halogens is 5. The quantitative estimate of drug-likeness (QED) is 0.302. The van der Waals surface area contributed by atoms with Gasteiger partial charge in [0.2, 0.25) is 0 Å². The van der Waals surface area contributed by atoms with E-state index in [1.165, 1.54) is 48.5 Å². The van der Waals surface area contributed by atoms with E-state index in [4.69, 9.17) is 0 Å². The average molecular weight is 472 g/mol. The van der Waals surface area contributed by atoms with E-state index in [1.807, 2.05) is 0 Å². The Morgan fingerprint density at radius 2 is 1.35 bits per heavy atom. The number of rotatable bonds is 5. The highest BCUT2D eigenvalue weighted by molar-refractivity contribution is 6.04. The maximum Gasteiger partial charge on any atom is 0.416 e. The fraction of sp³-hybridized carbons (Fsp3) is 0.115. The van der Waals surface area contributed by atoms with Crippen LogP contribution in [0.5, 0.6) is 0 Å². The van der Waals surface area contributed by atoms with E-state index < -0.39 is 30.2 Å². The monoisotopic (exact) mass is 472 g/mol. The van der Waals surface area contributed by atoms with Crippen molar-refractivity contribution in [3.05, 3.63) is 95.6 Å². The number of aromatic carboxylic acids is 1. The minimum Gasteiger partial charge on any atom is -0.478 e. The molecule has 4 aromatic rings. The minimum absolute atomic E-state index is 0.0104. The third-order valence-electron chi connectivity index (χ3n) is 5.55. The van der Waals surface area contributed by atoms with Crippen molar-refractivity contribution in [3.8, 4) is 22.3 Å². The number of hydrogen-bond donors (Lipinski definition) is 2. The van der Waals surface area contributed by atoms with Gasteiger partial charge in [0.05, 0.1) is 11.1 Å². The molecule has 34 heavy (non-hydrogen) atoms. The van der Waals surface area contributed by atoms with Crippen molar-refractivity contribution in [3.63, 3.8) is 0 Å². The van der Waals surface area contributed by atoms with Crippen molar-refractivity contribution in [2.24, 2.45) is 0 Å². The first-order chi connectivity index (χ1) is 16.0. The van der Waals surface area contributed by atoms with Crippen LogP contribution in [0.15, 0.2) is 78.9 Å². The molecule has 0 saturated heterocycles. The summed E-state index contributed by atoms with van der Waals surface area (Å²) in [6, 6.07) is 18.4. The van der Waals surface area contributed by atoms with Crippen LogP contribution in [0, 0.1) is 0 Å². The molecule has 0 radical (unpaired) electrons. The zero-order valence-electron chi connectivity index (χ0n) is 17.4. The van der Waals surface area contributed by atoms with Gasteiger partial charge in [0.15, 0.2) is 0 Å². The maximum absolute atomic E-state index is 12.9. The van der Waals surface area contributed by atoms with E-state index in [1.54, 1.807) is 18.2 Å². The molecule has 4 rings (SSSR count). The highest BCUT2D eigenvalue weighted by Gasteiger charge is 2.30. The molecule has 3 nitrogen and oxygen atoms in total. The van der Waals surface area contributed by atoms with Crippen LogP contribution >= 0.6 is 0 Å². The number of aliphatic hydroxyl groups excluding tert-OH is 1. The van der Waals surface area contributed by atoms with Gasteiger partial charge in [-0.15, -0.1) is 0 Å². The molecule has 8 heteroatoms. The number of carbonyl (C=O) groups is 1. The third-order valence-corrected chi connectivity index (χ3v) is 5.55. The summed E-state index contributed by atoms with van der Waals surface area (Å²) < 4.78 is 64.1. The lowest BCUT2D eigenvalue weighted by Crippen LogP contribution is -2.07. The van der Waals surface area contributed by atoms with Gasteiger partial charge in [-0.1, -0.05) is 48.5 Å². The van der Waals surface area contributed by atoms with Gasteiger partial charge in [0, 0.05) is 0 Å². The number of benzene rings is 4. The van der Waals surface area contributed by atoms with Gasteiger partial charge in [0.1, 0.15) is 6.10 Å². The molecule has 2 N–H and O–H groups in total. The Morgan fingerprint density at radius 3 is 1.91 bits per heavy atom. The lowest BCUT2D eigenvalue weighted by molar-refractivity contribution is -0.137. The van der Waals surface area contributed by atoms with Crippen LogP contribution in [-0.2, 0) is 6.18 Å². The molecule has 0 aliphatic rings. The molecule has 1 atom stereocenters. The normalized spacial score (nSPS) is 12.8. The molecular weight excluding hydrogens is 455 g/mol. The Balaban J connectivity index is 1.80. The first-order valence-corrected chi connectivity index (χ1v) is 10.1. The van der Waals surface area contributed by atoms with Gasteiger partial charge in [-0.05, 0) is 68.9 Å². The van der Waals surface area contributed by atoms with Gasteiger partial charge in [-0.3, -0.25) is 0 Å². The second-order valence-corrected chi connectivity index (χ2v) is 7.74. The molecule has 0 saturated carbocycles. The van der Waals surface area contributed by atoms with Crippen molar-refractivity contribution in [1.29, 1.82) is 0 Å². The summed E-state index contributed by atoms with van der Waals surface area (Å²) in [6.07, 6.45) is -9.32. The zero-order valence-corrected chi connectivity index (χ0v) is 17.4. The molecule has 4 aromatic carbocycles. The summed E-state index contributed by atoms with van der Waals surface area (Å²) in [5.41, 5.74) is 1.47. The lowest BCUT2D eigenvalue weighted by Gasteiger charge is -2.13. The summed E-state index contributed by atoms with van der Waals surface area (Å²) in [6.45, 7) is 0. The molecule has 0 aliphatic carbocycles. The van der Waals surface area contributed by atoms with Crippen LogP contribution in [-0.4, -0.2) is 22.6 Å². The van der Waals surface area contributed by atoms with E-state index in [0.29, 0.717) is 33.0 Å². The van der Waals surface area contributed by atoms with Crippen molar-refractivity contribution in [2.75, 3.05) is 0 Å². The SMILES string of the molecule is O=C(O)c1cc(-c2ccc([C@@H](O)C(F)F)cc2)c2ccc(-c3ccc(C(F)(F)F)cc3)cc2c1. The molecule has 0 heterocycles. The number of fused-ring (bicyclic) bond motifs is 1. The lowest BCUT2D eigenvalue weighted by atomic mass is 9.92. The molecule has 0 spiro atoms. The van der Waals surface area contributed by atoms with Crippen molar-refractivity contribution in [1.82, 2.24) is 0 Å². The summed E-state index contributed by atoms with van der Waals surface area (Å²) in [4.78, 5) is 11.7. The number of aliphatic hydroxyl groups is 1. The fourth-order valence-electron chi connectivity index (χ4n) is 3.77. The van der Waals surface area contributed by atoms with Crippen LogP contribution in [0.2, 0.25) is 0 Å². The topological polar surface area (TPSA) is 57.5 Å². The molecular formula is C26H17F5O3. The van der Waals surface area contributed by atoms with Crippen LogP contribution in [0.3, 0.4) is 0 Å². The maximum atomic E-state index is 12.9. The van der Waals surface area contributed by atoms with E-state index >= 15 is 0 Å². The predicted molar refractivity (Wildman–Crippen MR) is 118 cm³/mol. The summed E-state index contributed by atoms with van der Waals surface area (Å²) in [5.74, 6) is -1.17. The van der Waals surface area contributed by atoms with Gasteiger partial charge in [-0.2, -0.15) is 13.2 Å². The fourth-order valence-corrected chi connectivity index (χ4v) is 3.77. The van der Waals surface area contributed by atoms with Crippen molar-refractivity contribution < 1.29 is 37.0 Å². The summed E-state index contributed by atoms with van der Waals surface area (Å²) in [5, 5.41) is 20.3. The number of alkyl halides is 5. The van der Waals surface area contributed by atoms with Crippen molar-refractivity contribution in [2.45, 2.75) is 18.7 Å². The number of hydrogen-bond acceptors (Lipinski definition) is 2. The molecule has 0 fully saturated rings. The van der Waals surface area contributed by atoms with Gasteiger partial charge < -0.3 is 10.2 Å². The average Bonchev–Trinajstić information content (AvgIpc) is 2.82. The number of carboxylic acid groups (broad SMARTS) is 1. The zero-order chi connectivity index (χ0) is 24.6. The highest BCUT2D eigenvalue weighted by atomic mass is 19.4. The summed E-state index contributed by atoms with van der Waals surface area (Å²) in [7, 11) is 0. The molecule has 0 amide bonds. The standard InChI is InChI=1S/C26H17F5O3/c27-24(28)23(32)16-3-1-15(2-4-16)22-13-19(25(33)34)12-18-11-17(7-10-21(18)22)14-5-8-20(9-6-14)26(29,30)31/h1-13,23-24,32H,(H,33,34)/t23-/m1/s1. The molecule has 0 aromatic heterocycles. The van der Waals surface area contributed by atoms with Gasteiger partial charge in [0.25, 0.3) is 6.43 Å². The van der Waals surface area contributed by atoms with Crippen LogP contribution < -0.4 is 0 Å². The Hall–Kier alpha value is -3.78. The van der Waals surface area contributed by atoms with Crippen LogP contribution in [0.1, 0.15) is 27.6 Å². The predicted octanol–water partition coefficient (Wildman–Crippen LogP) is 7.19. The van der Waals surface area contributed by atoms with Crippen LogP contribution in [0.25, 0.3) is 33.0 Å². The van der Waals surface area contributed by atoms with E-state index in [2.05, 4.69) is 0 Å². The Bertz CT molecular complexity index is 1340. The Labute approximate surface area is 190 Å². The van der Waals surface area contributed by atoms with Crippen LogP contribution in [0.4, 0.5) is 22.0 Å². The minimum atomic E-state index is -4.45. The van der Waals surface area contributed by atoms with E-state index in [-0.39, 0.29) is 11.1 Å². The smallest absolute Gasteiger partial charge is 0.416 e. The van der Waals surface area contributed by atoms with E-state index in [0.717, 1.165) is 12.1 Å². The Kier molecular flexibility index (Phi) is 6.10. The molecule has 0 bridgehead atoms. The van der Waals surface area contributed by atoms with E-state index in [9.17, 15) is 37.0 Å². The van der Waals surface area contributed by atoms with Gasteiger partial charge in [-0.25, -0.2) is 13.6 Å². The van der Waals surface area contributed by atoms with Crippen molar-refractivity contribution >= 4 is 16.7 Å². The number of carboxylic acids is 1.